The SMILES string of the molecule is CC1=CN(C2COC(COP(=O)(O)OP(=O)(O)OP(=O)(O)O)C2)C(=O)NC1O. The molecule has 0 bridgehead atoms. The molecule has 0 aliphatic carbocycles. The highest BCUT2D eigenvalue weighted by atomic mass is 31.3. The average Bonchev–Trinajstić information content (AvgIpc) is 2.94. The second-order valence-electron chi connectivity index (χ2n) is 5.86. The molecule has 2 aliphatic rings. The van der Waals surface area contributed by atoms with Crippen molar-refractivity contribution in [3.05, 3.63) is 11.8 Å². The Labute approximate surface area is 158 Å². The molecular formula is C10H19N2O13P3. The van der Waals surface area contributed by atoms with E-state index in [0.29, 0.717) is 5.57 Å². The zero-order chi connectivity index (χ0) is 21.3. The van der Waals surface area contributed by atoms with E-state index in [1.165, 1.54) is 11.1 Å². The van der Waals surface area contributed by atoms with Crippen LogP contribution in [-0.4, -0.2) is 67.2 Å². The van der Waals surface area contributed by atoms with E-state index in [9.17, 15) is 28.5 Å². The Hall–Kier alpha value is -0.660. The van der Waals surface area contributed by atoms with Crippen molar-refractivity contribution in [2.75, 3.05) is 13.2 Å². The molecule has 28 heavy (non-hydrogen) atoms. The van der Waals surface area contributed by atoms with Crippen LogP contribution in [0.1, 0.15) is 13.3 Å². The number of rotatable bonds is 8. The molecule has 0 aromatic carbocycles. The number of amides is 2. The molecule has 0 spiro atoms. The number of ether oxygens (including phenoxy) is 1. The highest BCUT2D eigenvalue weighted by Crippen LogP contribution is 2.66. The molecule has 2 amide bonds. The van der Waals surface area contributed by atoms with Crippen molar-refractivity contribution in [3.8, 4) is 0 Å². The maximum absolute atomic E-state index is 11.9. The van der Waals surface area contributed by atoms with Crippen LogP contribution in [0.15, 0.2) is 11.8 Å². The van der Waals surface area contributed by atoms with E-state index < -0.39 is 54.5 Å². The van der Waals surface area contributed by atoms with Gasteiger partial charge in [0.15, 0.2) is 6.23 Å². The number of carbonyl (C=O) groups excluding carboxylic acids is 1. The summed E-state index contributed by atoms with van der Waals surface area (Å²) in [5, 5.41) is 11.9. The molecule has 162 valence electrons. The van der Waals surface area contributed by atoms with Gasteiger partial charge in [0.05, 0.1) is 25.4 Å². The van der Waals surface area contributed by atoms with Gasteiger partial charge in [-0.05, 0) is 18.9 Å². The number of nitrogens with one attached hydrogen (secondary N) is 1. The molecule has 0 saturated carbocycles. The Balaban J connectivity index is 1.89. The van der Waals surface area contributed by atoms with Gasteiger partial charge in [0.2, 0.25) is 0 Å². The number of carbonyl (C=O) groups is 1. The van der Waals surface area contributed by atoms with Crippen molar-refractivity contribution in [1.82, 2.24) is 10.2 Å². The number of aliphatic hydroxyl groups excluding tert-OH is 1. The summed E-state index contributed by atoms with van der Waals surface area (Å²) in [6.45, 7) is 1.04. The van der Waals surface area contributed by atoms with Gasteiger partial charge >= 0.3 is 29.5 Å². The average molecular weight is 468 g/mol. The van der Waals surface area contributed by atoms with Gasteiger partial charge in [0.25, 0.3) is 0 Å². The number of aliphatic hydroxyl groups is 1. The summed E-state index contributed by atoms with van der Waals surface area (Å²) in [7, 11) is -16.3. The van der Waals surface area contributed by atoms with Gasteiger partial charge in [0, 0.05) is 6.20 Å². The maximum Gasteiger partial charge on any atom is 0.490 e. The third-order valence-corrected chi connectivity index (χ3v) is 7.36. The van der Waals surface area contributed by atoms with Gasteiger partial charge in [-0.2, -0.15) is 8.62 Å². The Kier molecular flexibility index (Phi) is 7.26. The van der Waals surface area contributed by atoms with E-state index in [0.717, 1.165) is 0 Å². The van der Waals surface area contributed by atoms with E-state index in [4.69, 9.17) is 19.4 Å². The summed E-state index contributed by atoms with van der Waals surface area (Å²) >= 11 is 0. The number of phosphoric ester groups is 1. The first kappa shape index (κ1) is 23.6. The molecule has 18 heteroatoms. The lowest BCUT2D eigenvalue weighted by molar-refractivity contribution is 0.0518. The first-order valence-corrected chi connectivity index (χ1v) is 12.0. The molecule has 0 aromatic heterocycles. The molecule has 2 heterocycles. The van der Waals surface area contributed by atoms with Crippen molar-refractivity contribution in [2.24, 2.45) is 0 Å². The highest BCUT2D eigenvalue weighted by Gasteiger charge is 2.42. The largest absolute Gasteiger partial charge is 0.490 e. The number of nitrogens with zero attached hydrogens (tertiary/aromatic N) is 1. The lowest BCUT2D eigenvalue weighted by atomic mass is 10.1. The minimum Gasteiger partial charge on any atom is -0.374 e. The van der Waals surface area contributed by atoms with Crippen molar-refractivity contribution in [3.63, 3.8) is 0 Å². The van der Waals surface area contributed by atoms with Crippen LogP contribution < -0.4 is 5.32 Å². The molecule has 0 radical (unpaired) electrons. The van der Waals surface area contributed by atoms with Crippen molar-refractivity contribution < 1.29 is 61.1 Å². The standard InChI is InChI=1S/C10H19N2O13P3/c1-6-3-12(10(14)11-9(6)13)7-2-8(22-4-7)5-23-27(18,19)25-28(20,21)24-26(15,16)17/h3,7-9,13H,2,4-5H2,1H3,(H,11,14)(H,18,19)(H,20,21)(H2,15,16,17). The number of hydrogen-bond donors (Lipinski definition) is 6. The van der Waals surface area contributed by atoms with Crippen LogP contribution in [-0.2, 0) is 31.6 Å². The Bertz CT molecular complexity index is 781. The fraction of sp³-hybridized carbons (Fsp3) is 0.700. The summed E-state index contributed by atoms with van der Waals surface area (Å²) in [5.41, 5.74) is 0.483. The van der Waals surface area contributed by atoms with Crippen molar-refractivity contribution in [1.29, 1.82) is 0 Å². The van der Waals surface area contributed by atoms with Crippen LogP contribution in [0, 0.1) is 0 Å². The van der Waals surface area contributed by atoms with Crippen LogP contribution in [0.2, 0.25) is 0 Å². The van der Waals surface area contributed by atoms with E-state index in [2.05, 4.69) is 18.5 Å². The smallest absolute Gasteiger partial charge is 0.374 e. The van der Waals surface area contributed by atoms with Crippen molar-refractivity contribution >= 4 is 29.5 Å². The van der Waals surface area contributed by atoms with Crippen molar-refractivity contribution in [2.45, 2.75) is 31.7 Å². The zero-order valence-corrected chi connectivity index (χ0v) is 16.9. The normalized spacial score (nSPS) is 30.4. The number of phosphoric acid groups is 3. The summed E-state index contributed by atoms with van der Waals surface area (Å²) in [4.78, 5) is 48.6. The number of urea groups is 1. The second kappa shape index (κ2) is 8.60. The topological polar surface area (TPSA) is 222 Å². The molecule has 5 atom stereocenters. The molecular weight excluding hydrogens is 449 g/mol. The first-order valence-electron chi connectivity index (χ1n) is 7.52. The quantitative estimate of drug-likeness (QED) is 0.253. The fourth-order valence-electron chi connectivity index (χ4n) is 2.40. The monoisotopic (exact) mass is 468 g/mol. The predicted octanol–water partition coefficient (Wildman–Crippen LogP) is -0.265. The molecule has 0 aromatic rings. The first-order chi connectivity index (χ1) is 12.7. The van der Waals surface area contributed by atoms with E-state index >= 15 is 0 Å². The van der Waals surface area contributed by atoms with Gasteiger partial charge < -0.3 is 34.7 Å². The van der Waals surface area contributed by atoms with Crippen LogP contribution in [0.4, 0.5) is 4.79 Å². The highest BCUT2D eigenvalue weighted by molar-refractivity contribution is 7.66. The molecule has 5 unspecified atom stereocenters. The lowest BCUT2D eigenvalue weighted by Crippen LogP contribution is -2.51. The Morgan fingerprint density at radius 2 is 1.86 bits per heavy atom. The van der Waals surface area contributed by atoms with Crippen LogP contribution in [0.3, 0.4) is 0 Å². The molecule has 6 N–H and O–H groups in total. The van der Waals surface area contributed by atoms with Gasteiger partial charge in [0.1, 0.15) is 0 Å². The third-order valence-electron chi connectivity index (χ3n) is 3.56. The maximum atomic E-state index is 11.9. The predicted molar refractivity (Wildman–Crippen MR) is 88.1 cm³/mol. The second-order valence-corrected chi connectivity index (χ2v) is 10.3. The summed E-state index contributed by atoms with van der Waals surface area (Å²) < 4.78 is 50.5. The zero-order valence-electron chi connectivity index (χ0n) is 14.2. The van der Waals surface area contributed by atoms with E-state index in [1.54, 1.807) is 6.92 Å². The van der Waals surface area contributed by atoms with Gasteiger partial charge in [-0.1, -0.05) is 0 Å². The third kappa shape index (κ3) is 6.99. The summed E-state index contributed by atoms with van der Waals surface area (Å²) in [6.07, 6.45) is -0.318. The molecule has 15 nitrogen and oxygen atoms in total. The van der Waals surface area contributed by atoms with E-state index in [-0.39, 0.29) is 13.0 Å². The summed E-state index contributed by atoms with van der Waals surface area (Å²) in [5.74, 6) is 0. The summed E-state index contributed by atoms with van der Waals surface area (Å²) in [6, 6.07) is -1.04. The van der Waals surface area contributed by atoms with Gasteiger partial charge in [-0.15, -0.1) is 0 Å². The van der Waals surface area contributed by atoms with Crippen LogP contribution >= 0.6 is 23.5 Å². The molecule has 2 rings (SSSR count). The Morgan fingerprint density at radius 1 is 1.21 bits per heavy atom. The van der Waals surface area contributed by atoms with Gasteiger partial charge in [-0.3, -0.25) is 9.42 Å². The minimum atomic E-state index is -5.59. The Morgan fingerprint density at radius 3 is 2.46 bits per heavy atom. The molecule has 2 aliphatic heterocycles. The molecule has 1 fully saturated rings. The van der Waals surface area contributed by atoms with Crippen LogP contribution in [0.5, 0.6) is 0 Å². The van der Waals surface area contributed by atoms with Crippen LogP contribution in [0.25, 0.3) is 0 Å². The fourth-order valence-corrected chi connectivity index (χ4v) is 5.45. The molecule has 1 saturated heterocycles. The number of hydrogen-bond acceptors (Lipinski definition) is 9. The minimum absolute atomic E-state index is 0.0394. The van der Waals surface area contributed by atoms with Gasteiger partial charge in [-0.25, -0.2) is 18.5 Å². The lowest BCUT2D eigenvalue weighted by Gasteiger charge is -2.31. The van der Waals surface area contributed by atoms with E-state index in [1.807, 2.05) is 0 Å².